The monoisotopic (exact) mass is 367 g/mol. The van der Waals surface area contributed by atoms with Crippen molar-refractivity contribution < 1.29 is 14.0 Å². The molecule has 2 N–H and O–H groups in total. The van der Waals surface area contributed by atoms with E-state index >= 15 is 0 Å². The molecule has 25 heavy (non-hydrogen) atoms. The lowest BCUT2D eigenvalue weighted by atomic mass is 9.94. The van der Waals surface area contributed by atoms with Crippen molar-refractivity contribution in [1.82, 2.24) is 9.80 Å². The fourth-order valence-electron chi connectivity index (χ4n) is 3.87. The molecular weight excluding hydrogens is 345 g/mol. The van der Waals surface area contributed by atoms with Gasteiger partial charge in [-0.05, 0) is 37.4 Å². The number of carbonyl (C=O) groups is 2. The lowest BCUT2D eigenvalue weighted by Gasteiger charge is -2.37. The molecule has 0 bridgehead atoms. The first kappa shape index (κ1) is 18.1. The van der Waals surface area contributed by atoms with Crippen LogP contribution in [0.1, 0.15) is 29.6 Å². The summed E-state index contributed by atoms with van der Waals surface area (Å²) < 4.78 is 13.9. The zero-order valence-electron chi connectivity index (χ0n) is 14.1. The van der Waals surface area contributed by atoms with Gasteiger partial charge in [0.2, 0.25) is 5.91 Å². The maximum Gasteiger partial charge on any atom is 0.258 e. The second kappa shape index (κ2) is 7.70. The van der Waals surface area contributed by atoms with Crippen LogP contribution in [0, 0.1) is 17.7 Å². The summed E-state index contributed by atoms with van der Waals surface area (Å²) in [5.41, 5.74) is 5.68. The molecule has 2 fully saturated rings. The standard InChI is InChI=1S/C18H23ClFN3O2/c19-14-5-2-6-15(20)16(14)18(25)23-9-7-22(8-10-23)17(24)13-4-1-3-12(13)11-21/h2,5-6,12-13H,1,3-4,7-11,21H2/t12-,13-/m1/s1. The Bertz CT molecular complexity index is 641. The van der Waals surface area contributed by atoms with Crippen molar-refractivity contribution in [3.05, 3.63) is 34.6 Å². The minimum atomic E-state index is -0.618. The Morgan fingerprint density at radius 3 is 2.48 bits per heavy atom. The quantitative estimate of drug-likeness (QED) is 0.890. The van der Waals surface area contributed by atoms with E-state index in [0.29, 0.717) is 32.7 Å². The SMILES string of the molecule is NC[C@H]1CCC[C@H]1C(=O)N1CCN(C(=O)c2c(F)cccc2Cl)CC1. The fourth-order valence-corrected chi connectivity index (χ4v) is 4.11. The largest absolute Gasteiger partial charge is 0.339 e. The molecule has 136 valence electrons. The molecule has 3 rings (SSSR count). The molecule has 2 aliphatic rings. The summed E-state index contributed by atoms with van der Waals surface area (Å²) in [5, 5.41) is 0.111. The summed E-state index contributed by atoms with van der Waals surface area (Å²) >= 11 is 5.98. The van der Waals surface area contributed by atoms with E-state index < -0.39 is 11.7 Å². The lowest BCUT2D eigenvalue weighted by molar-refractivity contribution is -0.138. The van der Waals surface area contributed by atoms with Gasteiger partial charge in [0.15, 0.2) is 0 Å². The number of hydrogen-bond donors (Lipinski definition) is 1. The van der Waals surface area contributed by atoms with Gasteiger partial charge in [-0.25, -0.2) is 4.39 Å². The fraction of sp³-hybridized carbons (Fsp3) is 0.556. The molecule has 1 heterocycles. The van der Waals surface area contributed by atoms with Gasteiger partial charge in [0.25, 0.3) is 5.91 Å². The molecule has 2 atom stereocenters. The molecular formula is C18H23ClFN3O2. The third-order valence-electron chi connectivity index (χ3n) is 5.33. The molecule has 1 aliphatic carbocycles. The number of halogens is 2. The topological polar surface area (TPSA) is 66.6 Å². The van der Waals surface area contributed by atoms with Crippen LogP contribution in [-0.4, -0.2) is 54.3 Å². The molecule has 0 spiro atoms. The van der Waals surface area contributed by atoms with Gasteiger partial charge in [-0.1, -0.05) is 24.1 Å². The Morgan fingerprint density at radius 2 is 1.84 bits per heavy atom. The van der Waals surface area contributed by atoms with Crippen molar-refractivity contribution in [2.45, 2.75) is 19.3 Å². The Hall–Kier alpha value is -1.66. The van der Waals surface area contributed by atoms with E-state index in [-0.39, 0.29) is 28.3 Å². The number of benzene rings is 1. The number of nitrogens with zero attached hydrogens (tertiary/aromatic N) is 2. The van der Waals surface area contributed by atoms with E-state index in [2.05, 4.69) is 0 Å². The van der Waals surface area contributed by atoms with E-state index in [4.69, 9.17) is 17.3 Å². The Kier molecular flexibility index (Phi) is 5.59. The summed E-state index contributed by atoms with van der Waals surface area (Å²) in [4.78, 5) is 28.6. The van der Waals surface area contributed by atoms with E-state index in [9.17, 15) is 14.0 Å². The van der Waals surface area contributed by atoms with Crippen LogP contribution in [-0.2, 0) is 4.79 Å². The summed E-state index contributed by atoms with van der Waals surface area (Å²) in [7, 11) is 0. The number of carbonyl (C=O) groups excluding carboxylic acids is 2. The van der Waals surface area contributed by atoms with Gasteiger partial charge >= 0.3 is 0 Å². The average molecular weight is 368 g/mol. The van der Waals surface area contributed by atoms with Gasteiger partial charge in [-0.2, -0.15) is 0 Å². The molecule has 0 radical (unpaired) electrons. The van der Waals surface area contributed by atoms with Crippen LogP contribution < -0.4 is 5.73 Å². The maximum atomic E-state index is 13.9. The lowest BCUT2D eigenvalue weighted by Crippen LogP contribution is -2.52. The van der Waals surface area contributed by atoms with Crippen molar-refractivity contribution in [2.75, 3.05) is 32.7 Å². The first-order chi connectivity index (χ1) is 12.0. The number of hydrogen-bond acceptors (Lipinski definition) is 3. The number of piperazine rings is 1. The molecule has 7 heteroatoms. The van der Waals surface area contributed by atoms with Crippen molar-refractivity contribution in [3.8, 4) is 0 Å². The number of rotatable bonds is 3. The van der Waals surface area contributed by atoms with Crippen LogP contribution in [0.2, 0.25) is 5.02 Å². The van der Waals surface area contributed by atoms with Crippen molar-refractivity contribution >= 4 is 23.4 Å². The highest BCUT2D eigenvalue weighted by atomic mass is 35.5. The molecule has 5 nitrogen and oxygen atoms in total. The van der Waals surface area contributed by atoms with Crippen LogP contribution in [0.5, 0.6) is 0 Å². The summed E-state index contributed by atoms with van der Waals surface area (Å²) in [6, 6.07) is 4.21. The van der Waals surface area contributed by atoms with Crippen LogP contribution in [0.15, 0.2) is 18.2 Å². The molecule has 1 aromatic rings. The van der Waals surface area contributed by atoms with Crippen LogP contribution in [0.4, 0.5) is 4.39 Å². The highest BCUT2D eigenvalue weighted by Crippen LogP contribution is 2.32. The van der Waals surface area contributed by atoms with Crippen LogP contribution >= 0.6 is 11.6 Å². The van der Waals surface area contributed by atoms with Crippen molar-refractivity contribution in [2.24, 2.45) is 17.6 Å². The van der Waals surface area contributed by atoms with Gasteiger partial charge in [-0.15, -0.1) is 0 Å². The van der Waals surface area contributed by atoms with Crippen molar-refractivity contribution in [3.63, 3.8) is 0 Å². The Labute approximate surface area is 151 Å². The van der Waals surface area contributed by atoms with E-state index in [1.807, 2.05) is 4.90 Å². The van der Waals surface area contributed by atoms with E-state index in [1.54, 1.807) is 4.90 Å². The first-order valence-electron chi connectivity index (χ1n) is 8.75. The van der Waals surface area contributed by atoms with Gasteiger partial charge in [-0.3, -0.25) is 9.59 Å². The molecule has 1 saturated heterocycles. The predicted octanol–water partition coefficient (Wildman–Crippen LogP) is 2.14. The zero-order valence-corrected chi connectivity index (χ0v) is 14.8. The van der Waals surface area contributed by atoms with E-state index in [0.717, 1.165) is 19.3 Å². The number of nitrogens with two attached hydrogens (primary N) is 1. The third kappa shape index (κ3) is 3.65. The molecule has 0 aromatic heterocycles. The zero-order chi connectivity index (χ0) is 18.0. The van der Waals surface area contributed by atoms with Crippen LogP contribution in [0.25, 0.3) is 0 Å². The van der Waals surface area contributed by atoms with Crippen molar-refractivity contribution in [1.29, 1.82) is 0 Å². The van der Waals surface area contributed by atoms with Gasteiger partial charge in [0.05, 0.1) is 10.6 Å². The van der Waals surface area contributed by atoms with Crippen LogP contribution in [0.3, 0.4) is 0 Å². The normalized spacial score (nSPS) is 23.8. The van der Waals surface area contributed by atoms with Gasteiger partial charge < -0.3 is 15.5 Å². The first-order valence-corrected chi connectivity index (χ1v) is 9.13. The maximum absolute atomic E-state index is 13.9. The van der Waals surface area contributed by atoms with E-state index in [1.165, 1.54) is 18.2 Å². The third-order valence-corrected chi connectivity index (χ3v) is 5.65. The highest BCUT2D eigenvalue weighted by Gasteiger charge is 2.36. The minimum Gasteiger partial charge on any atom is -0.339 e. The highest BCUT2D eigenvalue weighted by molar-refractivity contribution is 6.33. The second-order valence-electron chi connectivity index (χ2n) is 6.75. The average Bonchev–Trinajstić information content (AvgIpc) is 3.09. The molecule has 0 unspecified atom stereocenters. The minimum absolute atomic E-state index is 0.00765. The molecule has 1 aliphatic heterocycles. The summed E-state index contributed by atoms with van der Waals surface area (Å²) in [6.07, 6.45) is 2.95. The molecule has 1 aromatic carbocycles. The predicted molar refractivity (Wildman–Crippen MR) is 93.8 cm³/mol. The Balaban J connectivity index is 1.62. The molecule has 1 saturated carbocycles. The molecule has 2 amide bonds. The summed E-state index contributed by atoms with van der Waals surface area (Å²) in [5.74, 6) is -0.620. The smallest absolute Gasteiger partial charge is 0.258 e. The second-order valence-corrected chi connectivity index (χ2v) is 7.15. The summed E-state index contributed by atoms with van der Waals surface area (Å²) in [6.45, 7) is 2.24. The number of amides is 2. The van der Waals surface area contributed by atoms with Gasteiger partial charge in [0.1, 0.15) is 5.82 Å². The van der Waals surface area contributed by atoms with Gasteiger partial charge in [0, 0.05) is 32.1 Å². The Morgan fingerprint density at radius 1 is 1.16 bits per heavy atom.